The molecule has 0 aliphatic carbocycles. The number of benzene rings is 1. The van der Waals surface area contributed by atoms with Crippen LogP contribution in [0.15, 0.2) is 46.1 Å². The van der Waals surface area contributed by atoms with Crippen molar-refractivity contribution in [2.45, 2.75) is 19.5 Å². The summed E-state index contributed by atoms with van der Waals surface area (Å²) in [5, 5.41) is 4.10. The summed E-state index contributed by atoms with van der Waals surface area (Å²) in [4.78, 5) is 33.2. The van der Waals surface area contributed by atoms with Crippen LogP contribution in [0.1, 0.15) is 13.0 Å². The predicted molar refractivity (Wildman–Crippen MR) is 98.2 cm³/mol. The van der Waals surface area contributed by atoms with Gasteiger partial charge in [0.2, 0.25) is 5.91 Å². The van der Waals surface area contributed by atoms with E-state index in [2.05, 4.69) is 15.0 Å². The molecule has 0 spiro atoms. The summed E-state index contributed by atoms with van der Waals surface area (Å²) in [6, 6.07) is 6.58. The minimum Gasteiger partial charge on any atom is -0.408 e. The Morgan fingerprint density at radius 3 is 2.70 bits per heavy atom. The molecule has 0 N–H and O–H groups in total. The number of rotatable bonds is 5. The highest BCUT2D eigenvalue weighted by molar-refractivity contribution is 5.83. The topological polar surface area (TPSA) is 89.4 Å². The van der Waals surface area contributed by atoms with E-state index in [0.717, 1.165) is 26.2 Å². The number of hydrogen-bond acceptors (Lipinski definition) is 6. The molecular weight excluding hydrogens is 348 g/mol. The zero-order chi connectivity index (χ0) is 18.8. The van der Waals surface area contributed by atoms with Crippen LogP contribution in [0.4, 0.5) is 0 Å². The molecule has 1 amide bonds. The zero-order valence-corrected chi connectivity index (χ0v) is 15.2. The number of aromatic nitrogens is 4. The van der Waals surface area contributed by atoms with Crippen LogP contribution in [-0.2, 0) is 11.3 Å². The maximum absolute atomic E-state index is 12.9. The maximum Gasteiger partial charge on any atom is 0.420 e. The maximum atomic E-state index is 12.9. The lowest BCUT2D eigenvalue weighted by Crippen LogP contribution is -2.51. The zero-order valence-electron chi connectivity index (χ0n) is 15.2. The van der Waals surface area contributed by atoms with Crippen LogP contribution in [0, 0.1) is 0 Å². The Balaban J connectivity index is 1.38. The van der Waals surface area contributed by atoms with Gasteiger partial charge in [0.1, 0.15) is 18.7 Å². The molecule has 1 fully saturated rings. The molecule has 2 aromatic heterocycles. The Bertz CT molecular complexity index is 969. The minimum absolute atomic E-state index is 0.0559. The fraction of sp³-hybridized carbons (Fsp3) is 0.444. The first-order valence-electron chi connectivity index (χ1n) is 9.07. The van der Waals surface area contributed by atoms with E-state index in [9.17, 15) is 9.59 Å². The van der Waals surface area contributed by atoms with Crippen molar-refractivity contribution in [1.29, 1.82) is 0 Å². The third kappa shape index (κ3) is 3.50. The number of para-hydroxylation sites is 2. The standard InChI is InChI=1S/C18H22N6O3/c1-14(24-15-4-2-3-5-16(15)27-18(24)26)17(25)22-9-6-21(7-10-22)8-11-23-13-19-12-20-23/h2-5,12-14H,6-11H2,1H3. The summed E-state index contributed by atoms with van der Waals surface area (Å²) in [5.41, 5.74) is 1.15. The highest BCUT2D eigenvalue weighted by atomic mass is 16.4. The first-order chi connectivity index (χ1) is 13.1. The number of oxazole rings is 1. The van der Waals surface area contributed by atoms with E-state index in [4.69, 9.17) is 4.42 Å². The predicted octanol–water partition coefficient (Wildman–Crippen LogP) is 0.591. The van der Waals surface area contributed by atoms with Gasteiger partial charge in [-0.3, -0.25) is 18.9 Å². The van der Waals surface area contributed by atoms with Gasteiger partial charge in [-0.1, -0.05) is 12.1 Å². The van der Waals surface area contributed by atoms with E-state index in [1.54, 1.807) is 36.1 Å². The summed E-state index contributed by atoms with van der Waals surface area (Å²) in [6.07, 6.45) is 3.23. The first-order valence-corrected chi connectivity index (χ1v) is 9.07. The van der Waals surface area contributed by atoms with Crippen LogP contribution in [0.5, 0.6) is 0 Å². The van der Waals surface area contributed by atoms with Crippen LogP contribution in [-0.4, -0.2) is 67.8 Å². The second-order valence-corrected chi connectivity index (χ2v) is 6.71. The van der Waals surface area contributed by atoms with Crippen molar-refractivity contribution in [3.8, 4) is 0 Å². The molecule has 1 unspecified atom stereocenters. The van der Waals surface area contributed by atoms with Gasteiger partial charge in [0.05, 0.1) is 12.1 Å². The number of hydrogen-bond donors (Lipinski definition) is 0. The number of carbonyl (C=O) groups is 1. The van der Waals surface area contributed by atoms with Gasteiger partial charge in [0.25, 0.3) is 0 Å². The van der Waals surface area contributed by atoms with Crippen molar-refractivity contribution < 1.29 is 9.21 Å². The van der Waals surface area contributed by atoms with Crippen LogP contribution < -0.4 is 5.76 Å². The SMILES string of the molecule is CC(C(=O)N1CCN(CCn2cncn2)CC1)n1c(=O)oc2ccccc21. The molecule has 4 rings (SSSR count). The summed E-state index contributed by atoms with van der Waals surface area (Å²) >= 11 is 0. The van der Waals surface area contributed by atoms with E-state index in [1.165, 1.54) is 10.9 Å². The molecular formula is C18H22N6O3. The van der Waals surface area contributed by atoms with E-state index in [0.29, 0.717) is 24.2 Å². The van der Waals surface area contributed by atoms with Crippen molar-refractivity contribution >= 4 is 17.0 Å². The Labute approximate surface area is 155 Å². The molecule has 0 radical (unpaired) electrons. The Morgan fingerprint density at radius 1 is 1.19 bits per heavy atom. The third-order valence-electron chi connectivity index (χ3n) is 5.06. The van der Waals surface area contributed by atoms with Crippen molar-refractivity contribution in [2.75, 3.05) is 32.7 Å². The van der Waals surface area contributed by atoms with Gasteiger partial charge in [-0.2, -0.15) is 5.10 Å². The van der Waals surface area contributed by atoms with E-state index < -0.39 is 11.8 Å². The third-order valence-corrected chi connectivity index (χ3v) is 5.06. The van der Waals surface area contributed by atoms with Gasteiger partial charge in [-0.15, -0.1) is 0 Å². The van der Waals surface area contributed by atoms with Gasteiger partial charge < -0.3 is 9.32 Å². The number of nitrogens with zero attached hydrogens (tertiary/aromatic N) is 6. The van der Waals surface area contributed by atoms with Gasteiger partial charge in [0.15, 0.2) is 5.58 Å². The molecule has 0 bridgehead atoms. The smallest absolute Gasteiger partial charge is 0.408 e. The average molecular weight is 370 g/mol. The lowest BCUT2D eigenvalue weighted by Gasteiger charge is -2.35. The molecule has 3 aromatic rings. The molecule has 1 saturated heterocycles. The van der Waals surface area contributed by atoms with E-state index in [-0.39, 0.29) is 5.91 Å². The fourth-order valence-corrected chi connectivity index (χ4v) is 3.51. The first kappa shape index (κ1) is 17.5. The summed E-state index contributed by atoms with van der Waals surface area (Å²) in [7, 11) is 0. The molecule has 1 aliphatic heterocycles. The number of piperazine rings is 1. The molecule has 9 nitrogen and oxygen atoms in total. The number of fused-ring (bicyclic) bond motifs is 1. The molecule has 9 heteroatoms. The molecule has 142 valence electrons. The van der Waals surface area contributed by atoms with Crippen LogP contribution in [0.25, 0.3) is 11.1 Å². The summed E-state index contributed by atoms with van der Waals surface area (Å²) < 4.78 is 8.50. The largest absolute Gasteiger partial charge is 0.420 e. The average Bonchev–Trinajstić information content (AvgIpc) is 3.32. The van der Waals surface area contributed by atoms with E-state index in [1.807, 2.05) is 11.0 Å². The van der Waals surface area contributed by atoms with Crippen molar-refractivity contribution in [1.82, 2.24) is 29.1 Å². The number of amides is 1. The van der Waals surface area contributed by atoms with Gasteiger partial charge in [0, 0.05) is 32.7 Å². The highest BCUT2D eigenvalue weighted by Crippen LogP contribution is 2.19. The monoisotopic (exact) mass is 370 g/mol. The molecule has 1 aromatic carbocycles. The molecule has 0 saturated carbocycles. The molecule has 3 heterocycles. The fourth-order valence-electron chi connectivity index (χ4n) is 3.51. The lowest BCUT2D eigenvalue weighted by molar-refractivity contribution is -0.136. The van der Waals surface area contributed by atoms with Crippen molar-refractivity contribution in [3.63, 3.8) is 0 Å². The van der Waals surface area contributed by atoms with Crippen LogP contribution >= 0.6 is 0 Å². The normalized spacial score (nSPS) is 16.7. The van der Waals surface area contributed by atoms with Crippen LogP contribution in [0.3, 0.4) is 0 Å². The van der Waals surface area contributed by atoms with Gasteiger partial charge in [-0.25, -0.2) is 9.78 Å². The summed E-state index contributed by atoms with van der Waals surface area (Å²) in [6.45, 7) is 6.29. The van der Waals surface area contributed by atoms with Crippen LogP contribution in [0.2, 0.25) is 0 Å². The highest BCUT2D eigenvalue weighted by Gasteiger charge is 2.28. The van der Waals surface area contributed by atoms with Gasteiger partial charge >= 0.3 is 5.76 Å². The van der Waals surface area contributed by atoms with E-state index >= 15 is 0 Å². The second kappa shape index (κ2) is 7.36. The quantitative estimate of drug-likeness (QED) is 0.653. The lowest BCUT2D eigenvalue weighted by atomic mass is 10.2. The Kier molecular flexibility index (Phi) is 4.76. The molecule has 1 aliphatic rings. The van der Waals surface area contributed by atoms with Crippen molar-refractivity contribution in [2.24, 2.45) is 0 Å². The Hall–Kier alpha value is -2.94. The summed E-state index contributed by atoms with van der Waals surface area (Å²) in [5.74, 6) is -0.553. The number of carbonyl (C=O) groups excluding carboxylic acids is 1. The molecule has 1 atom stereocenters. The Morgan fingerprint density at radius 2 is 1.96 bits per heavy atom. The molecule has 27 heavy (non-hydrogen) atoms. The van der Waals surface area contributed by atoms with Gasteiger partial charge in [-0.05, 0) is 19.1 Å². The van der Waals surface area contributed by atoms with Crippen molar-refractivity contribution in [3.05, 3.63) is 47.5 Å². The second-order valence-electron chi connectivity index (χ2n) is 6.71. The minimum atomic E-state index is -0.595.